The second-order valence-corrected chi connectivity index (χ2v) is 2.13. The molecule has 13 heavy (non-hydrogen) atoms. The lowest BCUT2D eigenvalue weighted by atomic mass is 10.3. The summed E-state index contributed by atoms with van der Waals surface area (Å²) in [6, 6.07) is 0. The van der Waals surface area contributed by atoms with Gasteiger partial charge in [0.25, 0.3) is 0 Å². The Kier molecular flexibility index (Phi) is 8.37. The van der Waals surface area contributed by atoms with Gasteiger partial charge in [0.1, 0.15) is 5.71 Å². The van der Waals surface area contributed by atoms with Crippen LogP contribution in [0, 0.1) is 0 Å². The zero-order chi connectivity index (χ0) is 9.56. The molecule has 0 aliphatic carbocycles. The Morgan fingerprint density at radius 1 is 1.31 bits per heavy atom. The fourth-order valence-electron chi connectivity index (χ4n) is 0.617. The van der Waals surface area contributed by atoms with Crippen LogP contribution in [0.1, 0.15) is 19.8 Å². The minimum Gasteiger partial charge on any atom is -0.481 e. The number of hydrogen-bond acceptors (Lipinski definition) is 3. The lowest BCUT2D eigenvalue weighted by Gasteiger charge is -1.95. The summed E-state index contributed by atoms with van der Waals surface area (Å²) < 4.78 is 0. The molecule has 0 aliphatic heterocycles. The van der Waals surface area contributed by atoms with Gasteiger partial charge < -0.3 is 10.2 Å². The average molecular weight is 210 g/mol. The van der Waals surface area contributed by atoms with Crippen LogP contribution in [0.3, 0.4) is 0 Å². The van der Waals surface area contributed by atoms with E-state index in [1.165, 1.54) is 0 Å². The van der Waals surface area contributed by atoms with Gasteiger partial charge in [-0.15, -0.1) is 12.4 Å². The van der Waals surface area contributed by atoms with E-state index in [1.807, 2.05) is 0 Å². The number of carbonyl (C=O) groups is 2. The first-order valence-corrected chi connectivity index (χ1v) is 3.56. The fourth-order valence-corrected chi connectivity index (χ4v) is 0.617. The highest BCUT2D eigenvalue weighted by atomic mass is 35.5. The summed E-state index contributed by atoms with van der Waals surface area (Å²) in [7, 11) is 0. The average Bonchev–Trinajstić information content (AvgIpc) is 1.96. The topological polar surface area (TPSA) is 87.0 Å². The molecule has 2 N–H and O–H groups in total. The molecule has 0 bridgehead atoms. The summed E-state index contributed by atoms with van der Waals surface area (Å²) in [5.74, 6) is -2.05. The Labute approximate surface area is 81.9 Å². The molecule has 0 rings (SSSR count). The normalized spacial score (nSPS) is 10.4. The molecule has 0 saturated carbocycles. The van der Waals surface area contributed by atoms with Crippen molar-refractivity contribution in [2.45, 2.75) is 19.8 Å². The minimum absolute atomic E-state index is 0. The van der Waals surface area contributed by atoms with Crippen LogP contribution in [0.5, 0.6) is 0 Å². The number of carboxylic acids is 2. The number of nitrogens with zero attached hydrogens (tertiary/aromatic N) is 1. The smallest absolute Gasteiger partial charge is 0.349 e. The van der Waals surface area contributed by atoms with E-state index in [4.69, 9.17) is 10.2 Å². The molecule has 0 unspecified atom stereocenters. The van der Waals surface area contributed by atoms with Crippen molar-refractivity contribution >= 4 is 30.1 Å². The second kappa shape index (κ2) is 7.54. The van der Waals surface area contributed by atoms with Crippen molar-refractivity contribution in [1.82, 2.24) is 0 Å². The van der Waals surface area contributed by atoms with Crippen LogP contribution >= 0.6 is 12.4 Å². The van der Waals surface area contributed by atoms with Gasteiger partial charge in [-0.1, -0.05) is 6.92 Å². The van der Waals surface area contributed by atoms with Crippen LogP contribution in [-0.2, 0) is 9.59 Å². The third-order valence-corrected chi connectivity index (χ3v) is 1.21. The molecule has 76 valence electrons. The molecule has 0 aromatic rings. The van der Waals surface area contributed by atoms with Gasteiger partial charge in [-0.25, -0.2) is 4.79 Å². The van der Waals surface area contributed by atoms with Crippen molar-refractivity contribution in [2.75, 3.05) is 6.54 Å². The van der Waals surface area contributed by atoms with E-state index in [-0.39, 0.29) is 31.1 Å². The maximum absolute atomic E-state index is 10.3. The van der Waals surface area contributed by atoms with Crippen molar-refractivity contribution in [1.29, 1.82) is 0 Å². The van der Waals surface area contributed by atoms with Gasteiger partial charge >= 0.3 is 11.9 Å². The maximum Gasteiger partial charge on any atom is 0.349 e. The molecule has 0 heterocycles. The molecule has 0 atom stereocenters. The molecule has 0 aromatic heterocycles. The zero-order valence-electron chi connectivity index (χ0n) is 7.19. The summed E-state index contributed by atoms with van der Waals surface area (Å²) in [5, 5.41) is 16.7. The molecule has 0 saturated heterocycles. The summed E-state index contributed by atoms with van der Waals surface area (Å²) in [5.41, 5.74) is 0.0243. The Bertz CT molecular complexity index is 215. The number of halogens is 1. The van der Waals surface area contributed by atoms with Gasteiger partial charge in [-0.3, -0.25) is 9.79 Å². The van der Waals surface area contributed by atoms with Crippen molar-refractivity contribution in [3.8, 4) is 0 Å². The SMILES string of the molecule is CCC(=NCCC(=O)O)C(=O)O.Cl. The highest BCUT2D eigenvalue weighted by Crippen LogP contribution is 1.89. The Morgan fingerprint density at radius 3 is 2.15 bits per heavy atom. The monoisotopic (exact) mass is 209 g/mol. The Hall–Kier alpha value is -1.10. The molecule has 0 radical (unpaired) electrons. The molecule has 0 aliphatic rings. The number of aliphatic imine (C=N–C) groups is 1. The molecular weight excluding hydrogens is 198 g/mol. The van der Waals surface area contributed by atoms with E-state index in [0.717, 1.165) is 0 Å². The molecule has 0 fully saturated rings. The van der Waals surface area contributed by atoms with Gasteiger partial charge in [0.2, 0.25) is 0 Å². The first-order valence-electron chi connectivity index (χ1n) is 3.56. The van der Waals surface area contributed by atoms with Crippen LogP contribution in [0.25, 0.3) is 0 Å². The number of rotatable bonds is 5. The number of aliphatic carboxylic acids is 2. The van der Waals surface area contributed by atoms with E-state index < -0.39 is 11.9 Å². The van der Waals surface area contributed by atoms with Crippen LogP contribution in [0.2, 0.25) is 0 Å². The first-order chi connectivity index (χ1) is 5.57. The quantitative estimate of drug-likeness (QED) is 0.657. The van der Waals surface area contributed by atoms with Gasteiger partial charge in [0.05, 0.1) is 13.0 Å². The highest BCUT2D eigenvalue weighted by Gasteiger charge is 2.05. The van der Waals surface area contributed by atoms with E-state index >= 15 is 0 Å². The standard InChI is InChI=1S/C7H11NO4.ClH/c1-2-5(7(11)12)8-4-3-6(9)10;/h2-4H2,1H3,(H,9,10)(H,11,12);1H. The Morgan fingerprint density at radius 2 is 1.85 bits per heavy atom. The third-order valence-electron chi connectivity index (χ3n) is 1.21. The van der Waals surface area contributed by atoms with Gasteiger partial charge in [-0.05, 0) is 6.42 Å². The van der Waals surface area contributed by atoms with E-state index in [1.54, 1.807) is 6.92 Å². The molecule has 5 nitrogen and oxygen atoms in total. The van der Waals surface area contributed by atoms with Crippen LogP contribution < -0.4 is 0 Å². The van der Waals surface area contributed by atoms with Crippen molar-refractivity contribution < 1.29 is 19.8 Å². The van der Waals surface area contributed by atoms with Crippen LogP contribution in [0.4, 0.5) is 0 Å². The summed E-state index contributed by atoms with van der Waals surface area (Å²) in [4.78, 5) is 24.0. The van der Waals surface area contributed by atoms with Crippen LogP contribution in [0.15, 0.2) is 4.99 Å². The maximum atomic E-state index is 10.3. The minimum atomic E-state index is -1.08. The number of carboxylic acid groups (broad SMARTS) is 2. The van der Waals surface area contributed by atoms with Crippen molar-refractivity contribution in [3.05, 3.63) is 0 Å². The van der Waals surface area contributed by atoms with E-state index in [0.29, 0.717) is 6.42 Å². The van der Waals surface area contributed by atoms with Gasteiger partial charge in [0, 0.05) is 0 Å². The number of hydrogen-bond donors (Lipinski definition) is 2. The second-order valence-electron chi connectivity index (χ2n) is 2.13. The predicted molar refractivity (Wildman–Crippen MR) is 49.7 cm³/mol. The molecular formula is C7H12ClNO4. The summed E-state index contributed by atoms with van der Waals surface area (Å²) >= 11 is 0. The lowest BCUT2D eigenvalue weighted by Crippen LogP contribution is -2.12. The van der Waals surface area contributed by atoms with Crippen molar-refractivity contribution in [3.63, 3.8) is 0 Å². The predicted octanol–water partition coefficient (Wildman–Crippen LogP) is 0.819. The Balaban J connectivity index is 0. The van der Waals surface area contributed by atoms with Gasteiger partial charge in [-0.2, -0.15) is 0 Å². The van der Waals surface area contributed by atoms with Crippen LogP contribution in [-0.4, -0.2) is 34.4 Å². The molecule has 6 heteroatoms. The summed E-state index contributed by atoms with van der Waals surface area (Å²) in [6.07, 6.45) is 0.186. The third kappa shape index (κ3) is 7.27. The van der Waals surface area contributed by atoms with E-state index in [2.05, 4.69) is 4.99 Å². The largest absolute Gasteiger partial charge is 0.481 e. The molecule has 0 aromatic carbocycles. The lowest BCUT2D eigenvalue weighted by molar-refractivity contribution is -0.137. The zero-order valence-corrected chi connectivity index (χ0v) is 8.00. The highest BCUT2D eigenvalue weighted by molar-refractivity contribution is 6.35. The van der Waals surface area contributed by atoms with E-state index in [9.17, 15) is 9.59 Å². The molecule has 0 spiro atoms. The first kappa shape index (κ1) is 14.4. The summed E-state index contributed by atoms with van der Waals surface area (Å²) in [6.45, 7) is 1.69. The fraction of sp³-hybridized carbons (Fsp3) is 0.571. The van der Waals surface area contributed by atoms with Crippen molar-refractivity contribution in [2.24, 2.45) is 4.99 Å². The van der Waals surface area contributed by atoms with Gasteiger partial charge in [0.15, 0.2) is 0 Å². The molecule has 0 amide bonds.